The van der Waals surface area contributed by atoms with Gasteiger partial charge >= 0.3 is 6.18 Å². The van der Waals surface area contributed by atoms with Gasteiger partial charge in [0.25, 0.3) is 0 Å². The molecule has 0 aliphatic rings. The van der Waals surface area contributed by atoms with Gasteiger partial charge in [-0.3, -0.25) is 0 Å². The van der Waals surface area contributed by atoms with Crippen LogP contribution in [0.5, 0.6) is 0 Å². The van der Waals surface area contributed by atoms with Crippen LogP contribution in [0.15, 0.2) is 22.7 Å². The second-order valence-corrected chi connectivity index (χ2v) is 5.37. The first-order chi connectivity index (χ1) is 7.84. The number of halogens is 5. The summed E-state index contributed by atoms with van der Waals surface area (Å²) in [6.07, 6.45) is -1.90. The molecule has 1 rings (SSSR count). The Bertz CT molecular complexity index is 377. The molecule has 1 unspecified atom stereocenters. The van der Waals surface area contributed by atoms with Gasteiger partial charge in [0.1, 0.15) is 0 Å². The zero-order valence-corrected chi connectivity index (χ0v) is 11.7. The third-order valence-electron chi connectivity index (χ3n) is 2.42. The van der Waals surface area contributed by atoms with Crippen molar-refractivity contribution in [3.05, 3.63) is 33.8 Å². The number of hydrogen-bond acceptors (Lipinski definition) is 0. The first-order valence-corrected chi connectivity index (χ1v) is 6.57. The van der Waals surface area contributed by atoms with Crippen molar-refractivity contribution in [2.24, 2.45) is 0 Å². The van der Waals surface area contributed by atoms with E-state index in [1.54, 1.807) is 0 Å². The Morgan fingerprint density at radius 3 is 2.47 bits per heavy atom. The van der Waals surface area contributed by atoms with Gasteiger partial charge in [0.05, 0.1) is 5.56 Å². The van der Waals surface area contributed by atoms with Crippen LogP contribution in [0.2, 0.25) is 0 Å². The Morgan fingerprint density at radius 2 is 2.00 bits per heavy atom. The van der Waals surface area contributed by atoms with Gasteiger partial charge in [0.15, 0.2) is 0 Å². The highest BCUT2D eigenvalue weighted by molar-refractivity contribution is 9.10. The molecule has 5 heteroatoms. The molecule has 0 radical (unpaired) electrons. The molecule has 1 aromatic rings. The zero-order chi connectivity index (χ0) is 13.1. The summed E-state index contributed by atoms with van der Waals surface area (Å²) in [5.74, 6) is 0. The molecule has 0 fully saturated rings. The van der Waals surface area contributed by atoms with E-state index in [0.29, 0.717) is 10.9 Å². The molecule has 96 valence electrons. The Balaban J connectivity index is 2.83. The van der Waals surface area contributed by atoms with Crippen LogP contribution in [-0.2, 0) is 12.6 Å². The Labute approximate surface area is 112 Å². The molecule has 0 aliphatic heterocycles. The smallest absolute Gasteiger partial charge is 0.166 e. The van der Waals surface area contributed by atoms with Crippen LogP contribution in [0.1, 0.15) is 30.9 Å². The van der Waals surface area contributed by atoms with E-state index in [1.807, 2.05) is 6.92 Å². The fourth-order valence-electron chi connectivity index (χ4n) is 1.54. The minimum Gasteiger partial charge on any atom is -0.166 e. The highest BCUT2D eigenvalue weighted by Gasteiger charge is 2.30. The Hall–Kier alpha value is -0.220. The van der Waals surface area contributed by atoms with Gasteiger partial charge in [0, 0.05) is 9.85 Å². The molecule has 1 aromatic carbocycles. The van der Waals surface area contributed by atoms with E-state index in [0.717, 1.165) is 30.5 Å². The molecule has 0 bridgehead atoms. The average molecular weight is 330 g/mol. The Kier molecular flexibility index (Phi) is 5.32. The molecule has 0 aliphatic carbocycles. The molecule has 0 spiro atoms. The summed E-state index contributed by atoms with van der Waals surface area (Å²) in [6, 6.07) is 3.68. The standard InChI is InChI=1S/C12H13BrClF3/c1-2-3-10(14)6-8-4-5-9(7-11(8)13)12(15,16)17/h4-5,7,10H,2-3,6H2,1H3. The maximum atomic E-state index is 12.4. The molecule has 0 nitrogen and oxygen atoms in total. The van der Waals surface area contributed by atoms with E-state index in [4.69, 9.17) is 11.6 Å². The van der Waals surface area contributed by atoms with Crippen molar-refractivity contribution in [1.29, 1.82) is 0 Å². The van der Waals surface area contributed by atoms with E-state index in [1.165, 1.54) is 6.07 Å². The van der Waals surface area contributed by atoms with Crippen molar-refractivity contribution in [2.75, 3.05) is 0 Å². The van der Waals surface area contributed by atoms with Crippen molar-refractivity contribution in [3.63, 3.8) is 0 Å². The predicted octanol–water partition coefficient (Wildman–Crippen LogP) is 5.42. The quantitative estimate of drug-likeness (QED) is 0.647. The zero-order valence-electron chi connectivity index (χ0n) is 9.32. The molecule has 0 saturated carbocycles. The minimum atomic E-state index is -4.30. The highest BCUT2D eigenvalue weighted by atomic mass is 79.9. The van der Waals surface area contributed by atoms with Gasteiger partial charge < -0.3 is 0 Å². The van der Waals surface area contributed by atoms with E-state index in [-0.39, 0.29) is 5.38 Å². The molecule has 0 N–H and O–H groups in total. The van der Waals surface area contributed by atoms with E-state index >= 15 is 0 Å². The molecule has 1 atom stereocenters. The van der Waals surface area contributed by atoms with Crippen LogP contribution < -0.4 is 0 Å². The van der Waals surface area contributed by atoms with Crippen molar-refractivity contribution in [2.45, 2.75) is 37.7 Å². The Morgan fingerprint density at radius 1 is 1.35 bits per heavy atom. The molecular formula is C12H13BrClF3. The lowest BCUT2D eigenvalue weighted by Gasteiger charge is -2.12. The summed E-state index contributed by atoms with van der Waals surface area (Å²) in [5, 5.41) is -0.0342. The van der Waals surface area contributed by atoms with Crippen LogP contribution in [0.3, 0.4) is 0 Å². The van der Waals surface area contributed by atoms with Gasteiger partial charge in [-0.15, -0.1) is 11.6 Å². The van der Waals surface area contributed by atoms with Gasteiger partial charge in [-0.25, -0.2) is 0 Å². The van der Waals surface area contributed by atoms with Crippen molar-refractivity contribution < 1.29 is 13.2 Å². The number of benzene rings is 1. The third kappa shape index (κ3) is 4.51. The van der Waals surface area contributed by atoms with E-state index < -0.39 is 11.7 Å². The summed E-state index contributed by atoms with van der Waals surface area (Å²) >= 11 is 9.23. The van der Waals surface area contributed by atoms with Crippen molar-refractivity contribution in [1.82, 2.24) is 0 Å². The van der Waals surface area contributed by atoms with Gasteiger partial charge in [-0.2, -0.15) is 13.2 Å². The topological polar surface area (TPSA) is 0 Å². The monoisotopic (exact) mass is 328 g/mol. The van der Waals surface area contributed by atoms with Crippen LogP contribution in [0.4, 0.5) is 13.2 Å². The average Bonchev–Trinajstić information content (AvgIpc) is 2.20. The first kappa shape index (κ1) is 14.8. The summed E-state index contributed by atoms with van der Waals surface area (Å²) in [7, 11) is 0. The van der Waals surface area contributed by atoms with Crippen LogP contribution in [0.25, 0.3) is 0 Å². The van der Waals surface area contributed by atoms with Gasteiger partial charge in [0.2, 0.25) is 0 Å². The lowest BCUT2D eigenvalue weighted by molar-refractivity contribution is -0.137. The molecule has 0 amide bonds. The van der Waals surface area contributed by atoms with Crippen LogP contribution in [0, 0.1) is 0 Å². The lowest BCUT2D eigenvalue weighted by Crippen LogP contribution is -2.07. The highest BCUT2D eigenvalue weighted by Crippen LogP contribution is 2.32. The third-order valence-corrected chi connectivity index (χ3v) is 3.53. The number of rotatable bonds is 4. The maximum Gasteiger partial charge on any atom is 0.416 e. The number of alkyl halides is 4. The van der Waals surface area contributed by atoms with Gasteiger partial charge in [-0.1, -0.05) is 35.3 Å². The van der Waals surface area contributed by atoms with Crippen molar-refractivity contribution in [3.8, 4) is 0 Å². The first-order valence-electron chi connectivity index (χ1n) is 5.34. The summed E-state index contributed by atoms with van der Waals surface area (Å²) < 4.78 is 37.8. The second kappa shape index (κ2) is 6.10. The van der Waals surface area contributed by atoms with E-state index in [2.05, 4.69) is 15.9 Å². The van der Waals surface area contributed by atoms with Gasteiger partial charge in [-0.05, 0) is 30.5 Å². The second-order valence-electron chi connectivity index (χ2n) is 3.89. The maximum absolute atomic E-state index is 12.4. The van der Waals surface area contributed by atoms with Crippen molar-refractivity contribution >= 4 is 27.5 Å². The fourth-order valence-corrected chi connectivity index (χ4v) is 2.47. The summed E-state index contributed by atoms with van der Waals surface area (Å²) in [6.45, 7) is 2.02. The normalized spacial score (nSPS) is 13.8. The SMILES string of the molecule is CCCC(Cl)Cc1ccc(C(F)(F)F)cc1Br. The largest absolute Gasteiger partial charge is 0.416 e. The number of hydrogen-bond donors (Lipinski definition) is 0. The minimum absolute atomic E-state index is 0.0342. The predicted molar refractivity (Wildman–Crippen MR) is 67.4 cm³/mol. The molecule has 0 aromatic heterocycles. The molecule has 0 saturated heterocycles. The summed E-state index contributed by atoms with van der Waals surface area (Å²) in [5.41, 5.74) is 0.168. The van der Waals surface area contributed by atoms with Crippen LogP contribution in [-0.4, -0.2) is 5.38 Å². The molecule has 17 heavy (non-hydrogen) atoms. The molecule has 0 heterocycles. The fraction of sp³-hybridized carbons (Fsp3) is 0.500. The summed E-state index contributed by atoms with van der Waals surface area (Å²) in [4.78, 5) is 0. The lowest BCUT2D eigenvalue weighted by atomic mass is 10.0. The van der Waals surface area contributed by atoms with Crippen LogP contribution >= 0.6 is 27.5 Å². The van der Waals surface area contributed by atoms with E-state index in [9.17, 15) is 13.2 Å². The molecular weight excluding hydrogens is 316 g/mol.